The third kappa shape index (κ3) is 3.30. The normalized spacial score (nSPS) is 12.2. The third-order valence-corrected chi connectivity index (χ3v) is 3.29. The van der Waals surface area contributed by atoms with E-state index in [0.717, 1.165) is 28.0 Å². The molecule has 0 amide bonds. The molecule has 19 heavy (non-hydrogen) atoms. The van der Waals surface area contributed by atoms with Crippen LogP contribution in [0.4, 0.5) is 0 Å². The molecule has 0 saturated carbocycles. The van der Waals surface area contributed by atoms with Gasteiger partial charge in [-0.25, -0.2) is 0 Å². The number of aromatic nitrogens is 2. The zero-order valence-corrected chi connectivity index (χ0v) is 12.5. The summed E-state index contributed by atoms with van der Waals surface area (Å²) < 4.78 is 6.45. The maximum atomic E-state index is 5.46. The number of nitrogens with one attached hydrogen (secondary N) is 1. The number of benzene rings is 1. The lowest BCUT2D eigenvalue weighted by Crippen LogP contribution is -2.23. The molecule has 5 heteroatoms. The molecule has 1 heterocycles. The van der Waals surface area contributed by atoms with Crippen LogP contribution >= 0.6 is 15.9 Å². The average molecular weight is 322 g/mol. The van der Waals surface area contributed by atoms with Crippen molar-refractivity contribution in [3.05, 3.63) is 52.5 Å². The Bertz CT molecular complexity index is 533. The van der Waals surface area contributed by atoms with E-state index in [1.807, 2.05) is 18.2 Å². The summed E-state index contributed by atoms with van der Waals surface area (Å²) in [4.78, 5) is 8.51. The van der Waals surface area contributed by atoms with Crippen molar-refractivity contribution >= 4 is 15.9 Å². The van der Waals surface area contributed by atoms with Crippen molar-refractivity contribution in [1.82, 2.24) is 15.3 Å². The van der Waals surface area contributed by atoms with Crippen molar-refractivity contribution in [1.29, 1.82) is 0 Å². The maximum Gasteiger partial charge on any atom is 0.125 e. The molecule has 0 aliphatic heterocycles. The monoisotopic (exact) mass is 321 g/mol. The van der Waals surface area contributed by atoms with Gasteiger partial charge in [0.05, 0.1) is 25.0 Å². The summed E-state index contributed by atoms with van der Waals surface area (Å²) in [6, 6.07) is 5.96. The number of rotatable bonds is 5. The van der Waals surface area contributed by atoms with Gasteiger partial charge in [-0.2, -0.15) is 0 Å². The summed E-state index contributed by atoms with van der Waals surface area (Å²) in [5.41, 5.74) is 1.93. The van der Waals surface area contributed by atoms with Crippen LogP contribution in [0.15, 0.2) is 41.3 Å². The van der Waals surface area contributed by atoms with Crippen molar-refractivity contribution in [3.63, 3.8) is 0 Å². The summed E-state index contributed by atoms with van der Waals surface area (Å²) in [7, 11) is 1.67. The minimum atomic E-state index is -0.0262. The van der Waals surface area contributed by atoms with E-state index < -0.39 is 0 Å². The molecule has 0 saturated heterocycles. The molecule has 0 fully saturated rings. The van der Waals surface area contributed by atoms with Gasteiger partial charge in [-0.05, 0) is 18.7 Å². The van der Waals surface area contributed by atoms with Crippen LogP contribution in [0.2, 0.25) is 0 Å². The lowest BCUT2D eigenvalue weighted by Gasteiger charge is -2.20. The zero-order valence-electron chi connectivity index (χ0n) is 10.9. The van der Waals surface area contributed by atoms with E-state index in [9.17, 15) is 0 Å². The lowest BCUT2D eigenvalue weighted by molar-refractivity contribution is 0.403. The van der Waals surface area contributed by atoms with E-state index in [2.05, 4.69) is 38.1 Å². The molecule has 0 aliphatic carbocycles. The Balaban J connectivity index is 2.45. The first-order valence-corrected chi connectivity index (χ1v) is 6.88. The van der Waals surface area contributed by atoms with Crippen LogP contribution in [0.1, 0.15) is 24.2 Å². The molecule has 4 nitrogen and oxygen atoms in total. The number of hydrogen-bond donors (Lipinski definition) is 1. The molecule has 1 aromatic carbocycles. The van der Waals surface area contributed by atoms with E-state index in [4.69, 9.17) is 4.74 Å². The van der Waals surface area contributed by atoms with Crippen molar-refractivity contribution in [2.75, 3.05) is 13.7 Å². The van der Waals surface area contributed by atoms with Crippen molar-refractivity contribution in [3.8, 4) is 5.75 Å². The van der Waals surface area contributed by atoms with Crippen molar-refractivity contribution in [2.45, 2.75) is 13.0 Å². The van der Waals surface area contributed by atoms with E-state index in [-0.39, 0.29) is 6.04 Å². The first-order chi connectivity index (χ1) is 9.26. The van der Waals surface area contributed by atoms with Gasteiger partial charge < -0.3 is 10.1 Å². The van der Waals surface area contributed by atoms with E-state index in [1.165, 1.54) is 0 Å². The number of hydrogen-bond acceptors (Lipinski definition) is 4. The van der Waals surface area contributed by atoms with Crippen LogP contribution in [0.3, 0.4) is 0 Å². The average Bonchev–Trinajstić information content (AvgIpc) is 2.46. The topological polar surface area (TPSA) is 47.0 Å². The molecule has 1 atom stereocenters. The Morgan fingerprint density at radius 1 is 1.37 bits per heavy atom. The molecule has 0 bridgehead atoms. The first kappa shape index (κ1) is 14.0. The standard InChI is InChI=1S/C14H16BrN3O/c1-3-17-14(12-9-16-6-7-18-12)11-5-4-10(15)8-13(11)19-2/h4-9,14,17H,3H2,1-2H3. The predicted molar refractivity (Wildman–Crippen MR) is 78.2 cm³/mol. The Morgan fingerprint density at radius 3 is 2.84 bits per heavy atom. The van der Waals surface area contributed by atoms with Gasteiger partial charge in [-0.3, -0.25) is 9.97 Å². The van der Waals surface area contributed by atoms with Gasteiger partial charge in [0, 0.05) is 22.4 Å². The van der Waals surface area contributed by atoms with Gasteiger partial charge in [0.25, 0.3) is 0 Å². The fourth-order valence-corrected chi connectivity index (χ4v) is 2.30. The van der Waals surface area contributed by atoms with Gasteiger partial charge in [-0.15, -0.1) is 0 Å². The number of nitrogens with zero attached hydrogens (tertiary/aromatic N) is 2. The van der Waals surface area contributed by atoms with Crippen molar-refractivity contribution in [2.24, 2.45) is 0 Å². The summed E-state index contributed by atoms with van der Waals surface area (Å²) >= 11 is 3.45. The van der Waals surface area contributed by atoms with Gasteiger partial charge in [0.1, 0.15) is 5.75 Å². The fraction of sp³-hybridized carbons (Fsp3) is 0.286. The molecule has 2 rings (SSSR count). The van der Waals surface area contributed by atoms with Crippen LogP contribution < -0.4 is 10.1 Å². The molecule has 100 valence electrons. The molecule has 0 aliphatic rings. The van der Waals surface area contributed by atoms with E-state index in [0.29, 0.717) is 0 Å². The van der Waals surface area contributed by atoms with Gasteiger partial charge >= 0.3 is 0 Å². The first-order valence-electron chi connectivity index (χ1n) is 6.09. The number of methoxy groups -OCH3 is 1. The van der Waals surface area contributed by atoms with Crippen LogP contribution in [0, 0.1) is 0 Å². The highest BCUT2D eigenvalue weighted by Crippen LogP contribution is 2.31. The Morgan fingerprint density at radius 2 is 2.21 bits per heavy atom. The second-order valence-corrected chi connectivity index (χ2v) is 4.92. The minimum absolute atomic E-state index is 0.0262. The summed E-state index contributed by atoms with van der Waals surface area (Å²) in [5.74, 6) is 0.825. The molecule has 1 N–H and O–H groups in total. The fourth-order valence-electron chi connectivity index (χ4n) is 1.96. The largest absolute Gasteiger partial charge is 0.496 e. The maximum absolute atomic E-state index is 5.46. The van der Waals surface area contributed by atoms with Crippen LogP contribution in [0.25, 0.3) is 0 Å². The molecule has 1 aromatic heterocycles. The van der Waals surface area contributed by atoms with Crippen LogP contribution in [-0.2, 0) is 0 Å². The lowest BCUT2D eigenvalue weighted by atomic mass is 10.0. The summed E-state index contributed by atoms with van der Waals surface area (Å²) in [5, 5.41) is 3.41. The molecule has 0 radical (unpaired) electrons. The molecular weight excluding hydrogens is 306 g/mol. The molecule has 0 spiro atoms. The second-order valence-electron chi connectivity index (χ2n) is 4.01. The van der Waals surface area contributed by atoms with Crippen LogP contribution in [0.5, 0.6) is 5.75 Å². The van der Waals surface area contributed by atoms with Crippen LogP contribution in [-0.4, -0.2) is 23.6 Å². The van der Waals surface area contributed by atoms with E-state index >= 15 is 0 Å². The Kier molecular flexibility index (Phi) is 4.87. The quantitative estimate of drug-likeness (QED) is 0.919. The highest BCUT2D eigenvalue weighted by atomic mass is 79.9. The summed E-state index contributed by atoms with van der Waals surface area (Å²) in [6.45, 7) is 2.90. The van der Waals surface area contributed by atoms with Crippen molar-refractivity contribution < 1.29 is 4.74 Å². The smallest absolute Gasteiger partial charge is 0.125 e. The third-order valence-electron chi connectivity index (χ3n) is 2.79. The Hall–Kier alpha value is -1.46. The van der Waals surface area contributed by atoms with E-state index in [1.54, 1.807) is 25.7 Å². The number of ether oxygens (including phenoxy) is 1. The molecule has 2 aromatic rings. The van der Waals surface area contributed by atoms with Gasteiger partial charge in [-0.1, -0.05) is 28.9 Å². The Labute approximate surface area is 121 Å². The van der Waals surface area contributed by atoms with Gasteiger partial charge in [0.2, 0.25) is 0 Å². The molecular formula is C14H16BrN3O. The zero-order chi connectivity index (χ0) is 13.7. The highest BCUT2D eigenvalue weighted by Gasteiger charge is 2.18. The predicted octanol–water partition coefficient (Wildman–Crippen LogP) is 2.95. The minimum Gasteiger partial charge on any atom is -0.496 e. The van der Waals surface area contributed by atoms with Gasteiger partial charge in [0.15, 0.2) is 0 Å². The SMILES string of the molecule is CCNC(c1cnccn1)c1ccc(Br)cc1OC. The summed E-state index contributed by atoms with van der Waals surface area (Å²) in [6.07, 6.45) is 5.14. The molecule has 1 unspecified atom stereocenters. The highest BCUT2D eigenvalue weighted by molar-refractivity contribution is 9.10. The second kappa shape index (κ2) is 6.63. The number of halogens is 1.